The number of ether oxygens (including phenoxy) is 1. The summed E-state index contributed by atoms with van der Waals surface area (Å²) in [6, 6.07) is 12.6. The SMILES string of the molecule is C[C@@H]1N=C(N2CCN(C(=O)[C@@H](CCCCNS(C)(=O)=O)NC3CCCCC3)[C@H](C(=O)NCc3cccs3)C2)O[C@H]1c1ccccc1C#N. The van der Waals surface area contributed by atoms with Gasteiger partial charge in [-0.1, -0.05) is 49.9 Å². The second-order valence-corrected chi connectivity index (χ2v) is 15.8. The van der Waals surface area contributed by atoms with Crippen LogP contribution in [-0.2, 0) is 30.9 Å². The molecule has 0 spiro atoms. The molecule has 2 aliphatic heterocycles. The lowest BCUT2D eigenvalue weighted by molar-refractivity contribution is -0.145. The van der Waals surface area contributed by atoms with Gasteiger partial charge in [0.1, 0.15) is 6.04 Å². The monoisotopic (exact) mass is 697 g/mol. The van der Waals surface area contributed by atoms with E-state index in [1.54, 1.807) is 22.3 Å². The Morgan fingerprint density at radius 3 is 2.65 bits per heavy atom. The van der Waals surface area contributed by atoms with Crippen LogP contribution in [0, 0.1) is 11.3 Å². The number of amides is 2. The summed E-state index contributed by atoms with van der Waals surface area (Å²) >= 11 is 1.56. The van der Waals surface area contributed by atoms with E-state index in [9.17, 15) is 23.3 Å². The van der Waals surface area contributed by atoms with Gasteiger partial charge in [-0.3, -0.25) is 9.59 Å². The molecule has 1 saturated carbocycles. The van der Waals surface area contributed by atoms with E-state index in [-0.39, 0.29) is 30.4 Å². The zero-order valence-electron chi connectivity index (χ0n) is 27.8. The molecule has 260 valence electrons. The summed E-state index contributed by atoms with van der Waals surface area (Å²) in [6.45, 7) is 3.60. The minimum absolute atomic E-state index is 0.115. The van der Waals surface area contributed by atoms with Crippen molar-refractivity contribution in [1.29, 1.82) is 5.26 Å². The molecule has 48 heavy (non-hydrogen) atoms. The molecule has 1 aromatic carbocycles. The predicted octanol–water partition coefficient (Wildman–Crippen LogP) is 3.28. The molecule has 0 radical (unpaired) electrons. The van der Waals surface area contributed by atoms with Crippen LogP contribution in [-0.4, -0.2) is 92.7 Å². The molecular formula is C34H47N7O5S2. The normalized spacial score (nSPS) is 22.4. The van der Waals surface area contributed by atoms with Crippen LogP contribution in [0.3, 0.4) is 0 Å². The second-order valence-electron chi connectivity index (χ2n) is 12.9. The van der Waals surface area contributed by atoms with Crippen LogP contribution in [0.15, 0.2) is 46.8 Å². The first-order valence-corrected chi connectivity index (χ1v) is 19.7. The van der Waals surface area contributed by atoms with Gasteiger partial charge in [0.05, 0.1) is 43.1 Å². The molecule has 0 bridgehead atoms. The number of aliphatic imine (C=N–C) groups is 1. The zero-order chi connectivity index (χ0) is 34.1. The number of nitrogens with zero attached hydrogens (tertiary/aromatic N) is 4. The Morgan fingerprint density at radius 2 is 1.92 bits per heavy atom. The van der Waals surface area contributed by atoms with Crippen molar-refractivity contribution >= 4 is 39.2 Å². The van der Waals surface area contributed by atoms with Gasteiger partial charge in [0.15, 0.2) is 6.10 Å². The lowest BCUT2D eigenvalue weighted by atomic mass is 9.94. The van der Waals surface area contributed by atoms with Crippen molar-refractivity contribution in [3.05, 3.63) is 57.8 Å². The van der Waals surface area contributed by atoms with E-state index >= 15 is 0 Å². The van der Waals surface area contributed by atoms with Gasteiger partial charge in [-0.05, 0) is 50.1 Å². The van der Waals surface area contributed by atoms with Crippen LogP contribution < -0.4 is 15.4 Å². The average molecular weight is 698 g/mol. The van der Waals surface area contributed by atoms with Gasteiger partial charge in [0.2, 0.25) is 21.8 Å². The third-order valence-electron chi connectivity index (χ3n) is 9.25. The summed E-state index contributed by atoms with van der Waals surface area (Å²) < 4.78 is 32.0. The summed E-state index contributed by atoms with van der Waals surface area (Å²) in [7, 11) is -3.28. The molecule has 2 fully saturated rings. The van der Waals surface area contributed by atoms with Crippen molar-refractivity contribution in [1.82, 2.24) is 25.2 Å². The van der Waals surface area contributed by atoms with Crippen molar-refractivity contribution in [3.63, 3.8) is 0 Å². The zero-order valence-corrected chi connectivity index (χ0v) is 29.4. The molecular weight excluding hydrogens is 651 g/mol. The fraction of sp³-hybridized carbons (Fsp3) is 0.588. The van der Waals surface area contributed by atoms with E-state index in [1.807, 2.05) is 47.5 Å². The molecule has 3 N–H and O–H groups in total. The van der Waals surface area contributed by atoms with Crippen molar-refractivity contribution in [3.8, 4) is 6.07 Å². The Morgan fingerprint density at radius 1 is 1.12 bits per heavy atom. The van der Waals surface area contributed by atoms with Gasteiger partial charge in [0, 0.05) is 36.1 Å². The summed E-state index contributed by atoms with van der Waals surface area (Å²) in [5.41, 5.74) is 1.31. The second kappa shape index (κ2) is 16.7. The maximum Gasteiger partial charge on any atom is 0.288 e. The number of hydrogen-bond acceptors (Lipinski definition) is 10. The smallest absolute Gasteiger partial charge is 0.288 e. The molecule has 1 saturated heterocycles. The van der Waals surface area contributed by atoms with Gasteiger partial charge in [-0.15, -0.1) is 11.3 Å². The molecule has 0 unspecified atom stereocenters. The molecule has 14 heteroatoms. The number of sulfonamides is 1. The maximum atomic E-state index is 14.4. The number of piperazine rings is 1. The van der Waals surface area contributed by atoms with Crippen LogP contribution in [0.2, 0.25) is 0 Å². The van der Waals surface area contributed by atoms with E-state index < -0.39 is 28.2 Å². The molecule has 12 nitrogen and oxygen atoms in total. The number of carbonyl (C=O) groups excluding carboxylic acids is 2. The topological polar surface area (TPSA) is 156 Å². The van der Waals surface area contributed by atoms with Crippen LogP contribution in [0.5, 0.6) is 0 Å². The van der Waals surface area contributed by atoms with Crippen LogP contribution in [0.4, 0.5) is 0 Å². The lowest BCUT2D eigenvalue weighted by Gasteiger charge is -2.42. The third kappa shape index (κ3) is 9.56. The van der Waals surface area contributed by atoms with E-state index in [4.69, 9.17) is 9.73 Å². The molecule has 3 aliphatic rings. The molecule has 1 aromatic heterocycles. The van der Waals surface area contributed by atoms with Gasteiger partial charge >= 0.3 is 0 Å². The van der Waals surface area contributed by atoms with Gasteiger partial charge in [0.25, 0.3) is 6.02 Å². The Bertz CT molecular complexity index is 1570. The van der Waals surface area contributed by atoms with Crippen LogP contribution in [0.25, 0.3) is 0 Å². The van der Waals surface area contributed by atoms with Crippen LogP contribution >= 0.6 is 11.3 Å². The van der Waals surface area contributed by atoms with E-state index in [0.29, 0.717) is 57.0 Å². The first kappa shape index (κ1) is 35.8. The number of carbonyl (C=O) groups is 2. The standard InChI is InChI=1S/C34H47N7O5S2/c1-24-31(28-15-7-6-11-25(28)21-35)46-34(38-24)40-18-19-41(30(23-40)32(42)36-22-27-14-10-20-47-27)33(43)29(39-26-12-4-3-5-13-26)16-8-9-17-37-48(2,44)45/h6-7,10-11,14-15,20,24,26,29-31,37,39H,3-5,8-9,12-13,16-19,22-23H2,1-2H3,(H,36,42)/t24-,29+,30-,31+/m0/s1. The number of rotatable bonds is 13. The molecule has 3 heterocycles. The quantitative estimate of drug-likeness (QED) is 0.270. The summed E-state index contributed by atoms with van der Waals surface area (Å²) in [5, 5.41) is 18.3. The molecule has 2 aromatic rings. The van der Waals surface area contributed by atoms with E-state index in [1.165, 1.54) is 6.42 Å². The van der Waals surface area contributed by atoms with Crippen molar-refractivity contribution < 1.29 is 22.7 Å². The first-order valence-electron chi connectivity index (χ1n) is 16.9. The highest BCUT2D eigenvalue weighted by atomic mass is 32.2. The number of amidine groups is 1. The van der Waals surface area contributed by atoms with Crippen molar-refractivity contribution in [2.24, 2.45) is 4.99 Å². The van der Waals surface area contributed by atoms with E-state index in [2.05, 4.69) is 21.4 Å². The number of unbranched alkanes of at least 4 members (excludes halogenated alkanes) is 1. The fourth-order valence-corrected chi connectivity index (χ4v) is 7.88. The highest BCUT2D eigenvalue weighted by Gasteiger charge is 2.42. The van der Waals surface area contributed by atoms with Gasteiger partial charge in [-0.2, -0.15) is 5.26 Å². The first-order chi connectivity index (χ1) is 23.1. The Hall–Kier alpha value is -3.51. The van der Waals surface area contributed by atoms with Gasteiger partial charge in [-0.25, -0.2) is 18.1 Å². The lowest BCUT2D eigenvalue weighted by Crippen LogP contribution is -2.64. The van der Waals surface area contributed by atoms with E-state index in [0.717, 1.165) is 42.4 Å². The Labute approximate surface area is 288 Å². The Kier molecular flexibility index (Phi) is 12.5. The third-order valence-corrected chi connectivity index (χ3v) is 10.9. The number of hydrogen-bond donors (Lipinski definition) is 3. The summed E-state index contributed by atoms with van der Waals surface area (Å²) in [5.74, 6) is -0.357. The largest absolute Gasteiger partial charge is 0.455 e. The van der Waals surface area contributed by atoms with Crippen molar-refractivity contribution in [2.45, 2.75) is 95.1 Å². The van der Waals surface area contributed by atoms with Crippen molar-refractivity contribution in [2.75, 3.05) is 32.4 Å². The number of nitrogens with one attached hydrogen (secondary N) is 3. The highest BCUT2D eigenvalue weighted by molar-refractivity contribution is 7.88. The minimum atomic E-state index is -3.28. The van der Waals surface area contributed by atoms with Crippen LogP contribution in [0.1, 0.15) is 80.4 Å². The fourth-order valence-electron chi connectivity index (χ4n) is 6.72. The minimum Gasteiger partial charge on any atom is -0.455 e. The number of thiophene rings is 1. The molecule has 4 atom stereocenters. The summed E-state index contributed by atoms with van der Waals surface area (Å²) in [4.78, 5) is 37.7. The summed E-state index contributed by atoms with van der Waals surface area (Å²) in [6.07, 6.45) is 7.94. The van der Waals surface area contributed by atoms with Gasteiger partial charge < -0.3 is 25.2 Å². The molecule has 1 aliphatic carbocycles. The Balaban J connectivity index is 1.32. The maximum absolute atomic E-state index is 14.4. The average Bonchev–Trinajstić information content (AvgIpc) is 3.75. The number of nitriles is 1. The molecule has 5 rings (SSSR count). The highest BCUT2D eigenvalue weighted by Crippen LogP contribution is 2.32. The predicted molar refractivity (Wildman–Crippen MR) is 186 cm³/mol. The molecule has 2 amide bonds. The number of benzene rings is 1.